The van der Waals surface area contributed by atoms with Gasteiger partial charge in [0, 0.05) is 18.0 Å². The Bertz CT molecular complexity index is 587. The Hall–Kier alpha value is -1.75. The van der Waals surface area contributed by atoms with Gasteiger partial charge in [-0.25, -0.2) is 0 Å². The van der Waals surface area contributed by atoms with Crippen molar-refractivity contribution in [2.24, 2.45) is 0 Å². The molecular weight excluding hydrogens is 252 g/mol. The molecule has 1 saturated heterocycles. The van der Waals surface area contributed by atoms with E-state index in [0.717, 1.165) is 49.4 Å². The number of nitrogens with zero attached hydrogens (tertiary/aromatic N) is 3. The van der Waals surface area contributed by atoms with Gasteiger partial charge in [0.05, 0.1) is 5.41 Å². The molecule has 106 valence electrons. The van der Waals surface area contributed by atoms with Crippen molar-refractivity contribution in [1.29, 1.82) is 0 Å². The summed E-state index contributed by atoms with van der Waals surface area (Å²) in [6.45, 7) is 6.24. The van der Waals surface area contributed by atoms with Crippen LogP contribution in [0.2, 0.25) is 0 Å². The molecule has 1 fully saturated rings. The van der Waals surface area contributed by atoms with Gasteiger partial charge in [-0.1, -0.05) is 12.1 Å². The molecule has 0 amide bonds. The molecule has 5 heteroatoms. The van der Waals surface area contributed by atoms with Crippen molar-refractivity contribution in [3.63, 3.8) is 0 Å². The lowest BCUT2D eigenvalue weighted by molar-refractivity contribution is 0.216. The van der Waals surface area contributed by atoms with Crippen molar-refractivity contribution in [3.05, 3.63) is 29.9 Å². The molecule has 2 aromatic heterocycles. The largest absolute Gasteiger partial charge is 0.338 e. The van der Waals surface area contributed by atoms with Gasteiger partial charge in [-0.05, 0) is 50.9 Å². The maximum Gasteiger partial charge on any atom is 0.233 e. The average molecular weight is 272 g/mol. The summed E-state index contributed by atoms with van der Waals surface area (Å²) in [6.07, 6.45) is 6.73. The average Bonchev–Trinajstić information content (AvgIpc) is 2.98. The standard InChI is InChI=1S/C15H20N4O/c1-3-15(5-8-16-9-6-15)14-18-13(19-20-14)12-4-7-17-10-11(12)2/h4,7,10,16H,3,5-6,8-9H2,1-2H3. The van der Waals surface area contributed by atoms with Crippen molar-refractivity contribution in [2.45, 2.75) is 38.5 Å². The van der Waals surface area contributed by atoms with Crippen LogP contribution in [0.25, 0.3) is 11.4 Å². The number of hydrogen-bond donors (Lipinski definition) is 1. The first kappa shape index (κ1) is 13.2. The lowest BCUT2D eigenvalue weighted by Crippen LogP contribution is -2.39. The zero-order chi connectivity index (χ0) is 14.0. The fourth-order valence-electron chi connectivity index (χ4n) is 2.90. The maximum atomic E-state index is 5.60. The van der Waals surface area contributed by atoms with E-state index in [1.165, 1.54) is 0 Å². The predicted molar refractivity (Wildman–Crippen MR) is 76.3 cm³/mol. The first-order chi connectivity index (χ1) is 9.75. The third kappa shape index (κ3) is 2.22. The summed E-state index contributed by atoms with van der Waals surface area (Å²) in [5.74, 6) is 1.46. The molecule has 1 aliphatic heterocycles. The van der Waals surface area contributed by atoms with Gasteiger partial charge in [-0.3, -0.25) is 4.98 Å². The summed E-state index contributed by atoms with van der Waals surface area (Å²) >= 11 is 0. The van der Waals surface area contributed by atoms with Gasteiger partial charge in [-0.2, -0.15) is 4.98 Å². The summed E-state index contributed by atoms with van der Waals surface area (Å²) in [4.78, 5) is 8.78. The van der Waals surface area contributed by atoms with Crippen LogP contribution in [-0.4, -0.2) is 28.2 Å². The van der Waals surface area contributed by atoms with Crippen LogP contribution in [0.4, 0.5) is 0 Å². The Balaban J connectivity index is 1.95. The third-order valence-electron chi connectivity index (χ3n) is 4.38. The lowest BCUT2D eigenvalue weighted by atomic mass is 9.76. The Morgan fingerprint density at radius 3 is 2.85 bits per heavy atom. The van der Waals surface area contributed by atoms with Crippen molar-refractivity contribution >= 4 is 0 Å². The zero-order valence-electron chi connectivity index (χ0n) is 12.0. The van der Waals surface area contributed by atoms with Crippen LogP contribution in [-0.2, 0) is 5.41 Å². The molecule has 0 aliphatic carbocycles. The first-order valence-corrected chi connectivity index (χ1v) is 7.21. The van der Waals surface area contributed by atoms with Gasteiger partial charge in [0.2, 0.25) is 11.7 Å². The second-order valence-electron chi connectivity index (χ2n) is 5.50. The summed E-state index contributed by atoms with van der Waals surface area (Å²) in [5.41, 5.74) is 2.10. The Morgan fingerprint density at radius 2 is 2.15 bits per heavy atom. The highest BCUT2D eigenvalue weighted by molar-refractivity contribution is 5.58. The van der Waals surface area contributed by atoms with Crippen molar-refractivity contribution < 1.29 is 4.52 Å². The normalized spacial score (nSPS) is 18.1. The zero-order valence-corrected chi connectivity index (χ0v) is 12.0. The number of aromatic nitrogens is 3. The van der Waals surface area contributed by atoms with E-state index >= 15 is 0 Å². The summed E-state index contributed by atoms with van der Waals surface area (Å²) in [7, 11) is 0. The lowest BCUT2D eigenvalue weighted by Gasteiger charge is -2.33. The smallest absolute Gasteiger partial charge is 0.233 e. The minimum atomic E-state index is 0.0391. The monoisotopic (exact) mass is 272 g/mol. The third-order valence-corrected chi connectivity index (χ3v) is 4.38. The summed E-state index contributed by atoms with van der Waals surface area (Å²) in [5, 5.41) is 7.57. The van der Waals surface area contributed by atoms with E-state index in [4.69, 9.17) is 4.52 Å². The number of hydrogen-bond acceptors (Lipinski definition) is 5. The molecule has 0 aromatic carbocycles. The van der Waals surface area contributed by atoms with Crippen LogP contribution < -0.4 is 5.32 Å². The van der Waals surface area contributed by atoms with Gasteiger partial charge in [0.25, 0.3) is 0 Å². The van der Waals surface area contributed by atoms with E-state index < -0.39 is 0 Å². The van der Waals surface area contributed by atoms with Gasteiger partial charge < -0.3 is 9.84 Å². The van der Waals surface area contributed by atoms with Crippen LogP contribution in [0.3, 0.4) is 0 Å². The van der Waals surface area contributed by atoms with Crippen LogP contribution in [0.5, 0.6) is 0 Å². The molecule has 0 atom stereocenters. The van der Waals surface area contributed by atoms with Crippen molar-refractivity contribution in [3.8, 4) is 11.4 Å². The number of nitrogens with one attached hydrogen (secondary N) is 1. The minimum absolute atomic E-state index is 0.0391. The van der Waals surface area contributed by atoms with E-state index in [1.54, 1.807) is 6.20 Å². The minimum Gasteiger partial charge on any atom is -0.338 e. The molecule has 0 radical (unpaired) electrons. The summed E-state index contributed by atoms with van der Waals surface area (Å²) < 4.78 is 5.60. The maximum absolute atomic E-state index is 5.60. The van der Waals surface area contributed by atoms with E-state index in [9.17, 15) is 0 Å². The van der Waals surface area contributed by atoms with Crippen LogP contribution in [0.15, 0.2) is 23.0 Å². The number of pyridine rings is 1. The first-order valence-electron chi connectivity index (χ1n) is 7.21. The highest BCUT2D eigenvalue weighted by Crippen LogP contribution is 2.36. The van der Waals surface area contributed by atoms with Gasteiger partial charge in [0.1, 0.15) is 0 Å². The van der Waals surface area contributed by atoms with Crippen LogP contribution in [0, 0.1) is 6.92 Å². The molecule has 0 bridgehead atoms. The molecule has 2 aromatic rings. The fraction of sp³-hybridized carbons (Fsp3) is 0.533. The Labute approximate surface area is 118 Å². The second-order valence-corrected chi connectivity index (χ2v) is 5.50. The van der Waals surface area contributed by atoms with Crippen molar-refractivity contribution in [1.82, 2.24) is 20.4 Å². The van der Waals surface area contributed by atoms with Crippen LogP contribution in [0.1, 0.15) is 37.6 Å². The Kier molecular flexibility index (Phi) is 3.53. The molecule has 3 rings (SSSR count). The highest BCUT2D eigenvalue weighted by Gasteiger charge is 2.37. The topological polar surface area (TPSA) is 63.8 Å². The molecule has 5 nitrogen and oxygen atoms in total. The predicted octanol–water partition coefficient (Wildman–Crippen LogP) is 2.47. The molecule has 3 heterocycles. The van der Waals surface area contributed by atoms with Gasteiger partial charge >= 0.3 is 0 Å². The molecule has 0 unspecified atom stereocenters. The van der Waals surface area contributed by atoms with Crippen molar-refractivity contribution in [2.75, 3.05) is 13.1 Å². The van der Waals surface area contributed by atoms with E-state index in [0.29, 0.717) is 5.82 Å². The van der Waals surface area contributed by atoms with Gasteiger partial charge in [-0.15, -0.1) is 0 Å². The van der Waals surface area contributed by atoms with E-state index in [-0.39, 0.29) is 5.41 Å². The SMILES string of the molecule is CCC1(c2nc(-c3ccncc3C)no2)CCNCC1. The Morgan fingerprint density at radius 1 is 1.35 bits per heavy atom. The fourth-order valence-corrected chi connectivity index (χ4v) is 2.90. The number of rotatable bonds is 3. The molecule has 1 N–H and O–H groups in total. The van der Waals surface area contributed by atoms with Crippen LogP contribution >= 0.6 is 0 Å². The molecule has 0 spiro atoms. The number of piperidine rings is 1. The quantitative estimate of drug-likeness (QED) is 0.930. The van der Waals surface area contributed by atoms with E-state index in [2.05, 4.69) is 27.4 Å². The molecular formula is C15H20N4O. The number of aryl methyl sites for hydroxylation is 1. The highest BCUT2D eigenvalue weighted by atomic mass is 16.5. The molecule has 0 saturated carbocycles. The molecule has 20 heavy (non-hydrogen) atoms. The van der Waals surface area contributed by atoms with Gasteiger partial charge in [0.15, 0.2) is 0 Å². The van der Waals surface area contributed by atoms with E-state index in [1.807, 2.05) is 19.2 Å². The second kappa shape index (κ2) is 5.32. The molecule has 1 aliphatic rings. The summed E-state index contributed by atoms with van der Waals surface area (Å²) in [6, 6.07) is 1.94.